The SMILES string of the molecule is CN(C)CCCCCCCCCCOc1ccc([C@H]2c3ccc(OCc4ccccc4)cc3OC[C@H]2c2ccccc2)cc1. The van der Waals surface area contributed by atoms with Crippen molar-refractivity contribution in [3.05, 3.63) is 125 Å². The lowest BCUT2D eigenvalue weighted by Crippen LogP contribution is -2.25. The zero-order chi connectivity index (χ0) is 30.4. The molecule has 0 radical (unpaired) electrons. The maximum atomic E-state index is 6.38. The van der Waals surface area contributed by atoms with Crippen molar-refractivity contribution >= 4 is 0 Å². The highest BCUT2D eigenvalue weighted by Gasteiger charge is 2.33. The number of nitrogens with zero attached hydrogens (tertiary/aromatic N) is 1. The third kappa shape index (κ3) is 9.37. The van der Waals surface area contributed by atoms with Crippen LogP contribution in [0.5, 0.6) is 17.2 Å². The molecule has 4 nitrogen and oxygen atoms in total. The zero-order valence-electron chi connectivity index (χ0n) is 26.6. The second-order valence-corrected chi connectivity index (χ2v) is 12.3. The van der Waals surface area contributed by atoms with Crippen molar-refractivity contribution in [3.8, 4) is 17.2 Å². The van der Waals surface area contributed by atoms with Crippen molar-refractivity contribution in [2.45, 2.75) is 69.8 Å². The lowest BCUT2D eigenvalue weighted by Gasteiger charge is -2.34. The van der Waals surface area contributed by atoms with Crippen LogP contribution < -0.4 is 14.2 Å². The molecule has 1 aliphatic heterocycles. The Morgan fingerprint density at radius 2 is 1.27 bits per heavy atom. The molecule has 5 rings (SSSR count). The minimum atomic E-state index is 0.182. The average molecular weight is 592 g/mol. The van der Waals surface area contributed by atoms with Crippen LogP contribution in [0.15, 0.2) is 103 Å². The van der Waals surface area contributed by atoms with Crippen molar-refractivity contribution in [2.24, 2.45) is 0 Å². The second kappa shape index (κ2) is 16.9. The highest BCUT2D eigenvalue weighted by Crippen LogP contribution is 2.47. The van der Waals surface area contributed by atoms with Gasteiger partial charge in [-0.2, -0.15) is 0 Å². The minimum absolute atomic E-state index is 0.182. The molecule has 0 bridgehead atoms. The highest BCUT2D eigenvalue weighted by molar-refractivity contribution is 5.51. The Balaban J connectivity index is 1.16. The fourth-order valence-electron chi connectivity index (χ4n) is 6.17. The first kappa shape index (κ1) is 31.7. The van der Waals surface area contributed by atoms with Gasteiger partial charge in [-0.25, -0.2) is 0 Å². The molecule has 0 saturated carbocycles. The zero-order valence-corrected chi connectivity index (χ0v) is 26.6. The lowest BCUT2D eigenvalue weighted by molar-refractivity contribution is 0.245. The van der Waals surface area contributed by atoms with E-state index in [1.54, 1.807) is 0 Å². The molecule has 0 saturated heterocycles. The molecule has 0 unspecified atom stereocenters. The van der Waals surface area contributed by atoms with E-state index in [9.17, 15) is 0 Å². The lowest BCUT2D eigenvalue weighted by atomic mass is 9.76. The van der Waals surface area contributed by atoms with Crippen LogP contribution in [0.25, 0.3) is 0 Å². The van der Waals surface area contributed by atoms with Gasteiger partial charge in [-0.15, -0.1) is 0 Å². The van der Waals surface area contributed by atoms with Gasteiger partial charge in [0.25, 0.3) is 0 Å². The predicted molar refractivity (Wildman–Crippen MR) is 181 cm³/mol. The molecular weight excluding hydrogens is 542 g/mol. The standard InChI is InChI=1S/C40H49NO3/c1-41(2)27-15-7-5-3-4-6-8-16-28-42-35-23-21-34(22-24-35)40-37-26-25-36(43-30-32-17-11-9-12-18-32)29-39(37)44-31-38(40)33-19-13-10-14-20-33/h9-14,17-26,29,38,40H,3-8,15-16,27-28,30-31H2,1-2H3/t38-,40-/m0/s1. The van der Waals surface area contributed by atoms with E-state index in [4.69, 9.17) is 14.2 Å². The largest absolute Gasteiger partial charge is 0.494 e. The van der Waals surface area contributed by atoms with Crippen LogP contribution in [-0.2, 0) is 6.61 Å². The summed E-state index contributed by atoms with van der Waals surface area (Å²) in [6.45, 7) is 3.15. The molecular formula is C40H49NO3. The highest BCUT2D eigenvalue weighted by atomic mass is 16.5. The molecule has 1 aliphatic rings. The van der Waals surface area contributed by atoms with Crippen molar-refractivity contribution in [3.63, 3.8) is 0 Å². The van der Waals surface area contributed by atoms with Gasteiger partial charge in [0.1, 0.15) is 23.9 Å². The Hall–Kier alpha value is -3.76. The molecule has 232 valence electrons. The average Bonchev–Trinajstić information content (AvgIpc) is 3.06. The third-order valence-corrected chi connectivity index (χ3v) is 8.62. The van der Waals surface area contributed by atoms with Crippen LogP contribution in [0.1, 0.15) is 85.5 Å². The van der Waals surface area contributed by atoms with Crippen LogP contribution in [0, 0.1) is 0 Å². The monoisotopic (exact) mass is 591 g/mol. The molecule has 44 heavy (non-hydrogen) atoms. The van der Waals surface area contributed by atoms with Gasteiger partial charge in [0.2, 0.25) is 0 Å². The van der Waals surface area contributed by atoms with E-state index in [1.165, 1.54) is 68.2 Å². The number of ether oxygens (including phenoxy) is 3. The minimum Gasteiger partial charge on any atom is -0.494 e. The van der Waals surface area contributed by atoms with E-state index in [-0.39, 0.29) is 11.8 Å². The van der Waals surface area contributed by atoms with E-state index in [0.717, 1.165) is 35.8 Å². The number of unbranched alkanes of at least 4 members (excludes halogenated alkanes) is 7. The van der Waals surface area contributed by atoms with Gasteiger partial charge < -0.3 is 19.1 Å². The summed E-state index contributed by atoms with van der Waals surface area (Å²) in [6, 6.07) is 36.1. The van der Waals surface area contributed by atoms with E-state index >= 15 is 0 Å². The van der Waals surface area contributed by atoms with Gasteiger partial charge in [0, 0.05) is 23.5 Å². The van der Waals surface area contributed by atoms with Gasteiger partial charge in [-0.1, -0.05) is 117 Å². The maximum absolute atomic E-state index is 6.38. The Bertz CT molecular complexity index is 1370. The maximum Gasteiger partial charge on any atom is 0.126 e. The van der Waals surface area contributed by atoms with Gasteiger partial charge in [0.15, 0.2) is 0 Å². The van der Waals surface area contributed by atoms with Crippen LogP contribution in [0.3, 0.4) is 0 Å². The van der Waals surface area contributed by atoms with Crippen molar-refractivity contribution in [2.75, 3.05) is 33.9 Å². The van der Waals surface area contributed by atoms with E-state index < -0.39 is 0 Å². The fourth-order valence-corrected chi connectivity index (χ4v) is 6.17. The van der Waals surface area contributed by atoms with Crippen LogP contribution in [0.4, 0.5) is 0 Å². The molecule has 4 aromatic carbocycles. The number of rotatable bonds is 17. The van der Waals surface area contributed by atoms with Crippen molar-refractivity contribution < 1.29 is 14.2 Å². The summed E-state index contributed by atoms with van der Waals surface area (Å²) < 4.78 is 18.6. The van der Waals surface area contributed by atoms with Crippen LogP contribution >= 0.6 is 0 Å². The molecule has 0 aromatic heterocycles. The number of fused-ring (bicyclic) bond motifs is 1. The van der Waals surface area contributed by atoms with E-state index in [0.29, 0.717) is 13.2 Å². The quantitative estimate of drug-likeness (QED) is 0.114. The van der Waals surface area contributed by atoms with E-state index in [2.05, 4.69) is 104 Å². The summed E-state index contributed by atoms with van der Waals surface area (Å²) in [4.78, 5) is 2.28. The topological polar surface area (TPSA) is 30.9 Å². The summed E-state index contributed by atoms with van der Waals surface area (Å²) in [6.07, 6.45) is 10.4. The molecule has 0 aliphatic carbocycles. The molecule has 0 fully saturated rings. The van der Waals surface area contributed by atoms with E-state index in [1.807, 2.05) is 18.2 Å². The summed E-state index contributed by atoms with van der Waals surface area (Å²) in [5.74, 6) is 3.08. The summed E-state index contributed by atoms with van der Waals surface area (Å²) in [5, 5.41) is 0. The molecule has 1 heterocycles. The molecule has 0 N–H and O–H groups in total. The van der Waals surface area contributed by atoms with Crippen LogP contribution in [0.2, 0.25) is 0 Å². The first-order valence-corrected chi connectivity index (χ1v) is 16.5. The van der Waals surface area contributed by atoms with Crippen LogP contribution in [-0.4, -0.2) is 38.8 Å². The second-order valence-electron chi connectivity index (χ2n) is 12.3. The molecule has 4 heteroatoms. The summed E-state index contributed by atoms with van der Waals surface area (Å²) in [5.41, 5.74) is 4.92. The first-order valence-electron chi connectivity index (χ1n) is 16.5. The fraction of sp³-hybridized carbons (Fsp3) is 0.400. The normalized spacial score (nSPS) is 15.9. The predicted octanol–water partition coefficient (Wildman–Crippen LogP) is 9.63. The Morgan fingerprint density at radius 1 is 0.636 bits per heavy atom. The number of hydrogen-bond donors (Lipinski definition) is 0. The Morgan fingerprint density at radius 3 is 1.98 bits per heavy atom. The molecule has 2 atom stereocenters. The van der Waals surface area contributed by atoms with Crippen molar-refractivity contribution in [1.29, 1.82) is 0 Å². The molecule has 0 amide bonds. The summed E-state index contributed by atoms with van der Waals surface area (Å²) >= 11 is 0. The van der Waals surface area contributed by atoms with Gasteiger partial charge >= 0.3 is 0 Å². The molecule has 4 aromatic rings. The molecule has 0 spiro atoms. The summed E-state index contributed by atoms with van der Waals surface area (Å²) in [7, 11) is 4.31. The van der Waals surface area contributed by atoms with Gasteiger partial charge in [-0.3, -0.25) is 0 Å². The van der Waals surface area contributed by atoms with Gasteiger partial charge in [-0.05, 0) is 68.4 Å². The first-order chi connectivity index (χ1) is 21.7. The third-order valence-electron chi connectivity index (χ3n) is 8.62. The Labute approximate surface area is 265 Å². The number of benzene rings is 4. The Kier molecular flexibility index (Phi) is 12.2. The van der Waals surface area contributed by atoms with Crippen molar-refractivity contribution in [1.82, 2.24) is 4.90 Å². The smallest absolute Gasteiger partial charge is 0.126 e. The number of hydrogen-bond acceptors (Lipinski definition) is 4. The van der Waals surface area contributed by atoms with Gasteiger partial charge in [0.05, 0.1) is 13.2 Å².